The van der Waals surface area contributed by atoms with E-state index in [1.807, 2.05) is 194 Å². The molecule has 8 aromatic carbocycles. The highest BCUT2D eigenvalue weighted by Crippen LogP contribution is 2.33. The number of aromatic nitrogens is 9. The minimum absolute atomic E-state index is 0.0595. The average molecular weight is 1560 g/mol. The van der Waals surface area contributed by atoms with Gasteiger partial charge in [0.05, 0.1) is 89.8 Å². The highest BCUT2D eigenvalue weighted by molar-refractivity contribution is 7.90. The SMILES string of the molecule is COc1ccc2nc(CC(=O)Cc3ccc(-c4ccnc5ccccc45)nc3)sc2c1.CS(=O)(=O)c1ccc2nc(NC(=O)Cc3ccc(-c4ccncc4)cc3)sc2c1.O=C(Cc1ccc(-c2ccncc2)cc1)Nc1nc2ccc(F)cc2s1.O=C(Cc1ccc(-c2ccncc2)cc1)Nc1nc2ccccc2s1. The Morgan fingerprint density at radius 2 is 0.838 bits per heavy atom. The van der Waals surface area contributed by atoms with E-state index in [4.69, 9.17) is 4.74 Å². The summed E-state index contributed by atoms with van der Waals surface area (Å²) in [5.74, 6) is 0.214. The fraction of sp³-hybridized carbons (Fsp3) is 0.0814. The van der Waals surface area contributed by atoms with E-state index in [-0.39, 0.29) is 47.1 Å². The number of fused-ring (bicyclic) bond motifs is 5. The maximum atomic E-state index is 13.2. The number of halogens is 1. The fourth-order valence-corrected chi connectivity index (χ4v) is 16.3. The first-order chi connectivity index (χ1) is 54.0. The molecule has 0 aliphatic carbocycles. The molecule has 3 N–H and O–H groups in total. The van der Waals surface area contributed by atoms with Gasteiger partial charge in [-0.25, -0.2) is 32.7 Å². The molecule has 0 aliphatic rings. The van der Waals surface area contributed by atoms with Crippen molar-refractivity contribution in [2.75, 3.05) is 29.3 Å². The zero-order valence-electron chi connectivity index (χ0n) is 59.4. The summed E-state index contributed by atoms with van der Waals surface area (Å²) in [5.41, 5.74) is 16.1. The molecule has 3 amide bonds. The fourth-order valence-electron chi connectivity index (χ4n) is 11.8. The average Bonchev–Trinajstić information content (AvgIpc) is 1.79. The third-order valence-electron chi connectivity index (χ3n) is 17.3. The van der Waals surface area contributed by atoms with Crippen LogP contribution in [0, 0.1) is 5.82 Å². The standard InChI is InChI=1S/C25H19N3O2S.C21H17N3O3S2.C20H14FN3OS.C20H15N3OS/c1-30-18-7-9-23-24(14-18)31-25(28-23)13-17(29)12-16-6-8-22(27-15-16)20-10-11-26-21-5-3-2-4-19(20)21;1-29(26,27)17-6-7-18-19(13-17)28-21(23-18)24-20(25)12-14-2-4-15(5-3-14)16-8-10-22-11-9-16;21-16-5-6-17-18(12-16)26-20(23-17)24-19(25)11-13-1-3-14(4-2-13)15-7-9-22-10-8-15;24-19(23-20-22-17-3-1-2-4-18(17)25-20)13-14-5-7-15(8-6-14)16-9-11-21-12-10-16/h2-11,14-15H,12-13H2,1H3;2-11,13H,12H2,1H3,(H,23,24,25);1-10,12H,11H2,(H,23,24,25);1-12H,13H2,(H,22,23,24). The van der Waals surface area contributed by atoms with Crippen molar-refractivity contribution in [1.29, 1.82) is 0 Å². The number of ketones is 1. The minimum atomic E-state index is -3.28. The number of thiazole rings is 4. The van der Waals surface area contributed by atoms with E-state index in [0.717, 1.165) is 115 Å². The van der Waals surface area contributed by atoms with Crippen LogP contribution in [0.3, 0.4) is 0 Å². The number of para-hydroxylation sites is 2. The summed E-state index contributed by atoms with van der Waals surface area (Å²) in [6.07, 6.45) is 16.7. The van der Waals surface area contributed by atoms with Crippen molar-refractivity contribution in [1.82, 2.24) is 44.9 Å². The molecule has 0 unspecified atom stereocenters. The van der Waals surface area contributed by atoms with Gasteiger partial charge in [0.1, 0.15) is 22.4 Å². The maximum Gasteiger partial charge on any atom is 0.230 e. The van der Waals surface area contributed by atoms with E-state index >= 15 is 0 Å². The number of nitrogens with zero attached hydrogens (tertiary/aromatic N) is 9. The van der Waals surface area contributed by atoms with Crippen LogP contribution in [-0.2, 0) is 61.1 Å². The van der Waals surface area contributed by atoms with Gasteiger partial charge in [0.15, 0.2) is 25.2 Å². The molecule has 0 aliphatic heterocycles. The van der Waals surface area contributed by atoms with Gasteiger partial charge in [0.25, 0.3) is 0 Å². The van der Waals surface area contributed by atoms with Crippen LogP contribution in [0.4, 0.5) is 19.8 Å². The van der Waals surface area contributed by atoms with E-state index in [0.29, 0.717) is 55.1 Å². The van der Waals surface area contributed by atoms with Crippen molar-refractivity contribution < 1.29 is 36.7 Å². The first-order valence-electron chi connectivity index (χ1n) is 34.7. The Bertz CT molecular complexity index is 6240. The lowest BCUT2D eigenvalue weighted by atomic mass is 10.0. The van der Waals surface area contributed by atoms with Gasteiger partial charge in [-0.3, -0.25) is 44.1 Å². The van der Waals surface area contributed by atoms with Crippen molar-refractivity contribution >= 4 is 146 Å². The first kappa shape index (κ1) is 74.9. The Hall–Kier alpha value is -12.9. The zero-order chi connectivity index (χ0) is 76.6. The Morgan fingerprint density at radius 3 is 1.34 bits per heavy atom. The molecule has 17 rings (SSSR count). The number of rotatable bonds is 19. The summed E-state index contributed by atoms with van der Waals surface area (Å²) in [5, 5.41) is 11.9. The number of anilines is 3. The van der Waals surface area contributed by atoms with E-state index in [1.165, 1.54) is 63.5 Å². The number of sulfone groups is 1. The second kappa shape index (κ2) is 35.0. The predicted molar refractivity (Wildman–Crippen MR) is 442 cm³/mol. The molecular weight excluding hydrogens is 1490 g/mol. The number of carbonyl (C=O) groups excluding carboxylic acids is 4. The number of pyridine rings is 5. The molecule has 0 fully saturated rings. The number of amides is 3. The molecule has 111 heavy (non-hydrogen) atoms. The lowest BCUT2D eigenvalue weighted by molar-refractivity contribution is -0.118. The summed E-state index contributed by atoms with van der Waals surface area (Å²) in [7, 11) is -1.64. The van der Waals surface area contributed by atoms with Gasteiger partial charge < -0.3 is 20.7 Å². The van der Waals surface area contributed by atoms with Crippen molar-refractivity contribution in [3.63, 3.8) is 0 Å². The Kier molecular flexibility index (Phi) is 23.6. The van der Waals surface area contributed by atoms with Crippen molar-refractivity contribution in [2.45, 2.75) is 37.0 Å². The number of methoxy groups -OCH3 is 1. The van der Waals surface area contributed by atoms with Crippen LogP contribution < -0.4 is 20.7 Å². The summed E-state index contributed by atoms with van der Waals surface area (Å²) in [6, 6.07) is 72.0. The van der Waals surface area contributed by atoms with Gasteiger partial charge in [0.2, 0.25) is 17.7 Å². The predicted octanol–water partition coefficient (Wildman–Crippen LogP) is 18.4. The maximum absolute atomic E-state index is 13.2. The lowest BCUT2D eigenvalue weighted by Crippen LogP contribution is -2.14. The monoisotopic (exact) mass is 1560 g/mol. The van der Waals surface area contributed by atoms with Crippen molar-refractivity contribution in [3.05, 3.63) is 313 Å². The van der Waals surface area contributed by atoms with Crippen molar-refractivity contribution in [3.8, 4) is 50.4 Å². The summed E-state index contributed by atoms with van der Waals surface area (Å²) in [4.78, 5) is 88.5. The molecule has 0 bridgehead atoms. The van der Waals surface area contributed by atoms with Crippen LogP contribution in [0.25, 0.3) is 96.4 Å². The molecular formula is C86H65FN12O7S5. The van der Waals surface area contributed by atoms with E-state index < -0.39 is 9.84 Å². The smallest absolute Gasteiger partial charge is 0.230 e. The van der Waals surface area contributed by atoms with Crippen LogP contribution in [0.2, 0.25) is 0 Å². The third kappa shape index (κ3) is 19.9. The lowest BCUT2D eigenvalue weighted by Gasteiger charge is -2.06. The van der Waals surface area contributed by atoms with Gasteiger partial charge in [0, 0.05) is 73.2 Å². The molecule has 0 atom stereocenters. The van der Waals surface area contributed by atoms with Gasteiger partial charge in [-0.05, 0) is 177 Å². The van der Waals surface area contributed by atoms with E-state index in [2.05, 4.69) is 60.8 Å². The highest BCUT2D eigenvalue weighted by Gasteiger charge is 2.17. The number of hydrogen-bond acceptors (Lipinski definition) is 20. The normalized spacial score (nSPS) is 11.1. The van der Waals surface area contributed by atoms with Crippen LogP contribution in [0.5, 0.6) is 5.75 Å². The van der Waals surface area contributed by atoms with E-state index in [9.17, 15) is 32.0 Å². The molecule has 0 spiro atoms. The second-order valence-corrected chi connectivity index (χ2v) is 31.5. The summed E-state index contributed by atoms with van der Waals surface area (Å²) >= 11 is 5.53. The molecule has 0 radical (unpaired) electrons. The molecule has 17 aromatic rings. The molecule has 19 nitrogen and oxygen atoms in total. The first-order valence-corrected chi connectivity index (χ1v) is 39.8. The second-order valence-electron chi connectivity index (χ2n) is 25.3. The quantitative estimate of drug-likeness (QED) is 0.0679. The van der Waals surface area contributed by atoms with Gasteiger partial charge in [-0.1, -0.05) is 143 Å². The van der Waals surface area contributed by atoms with Crippen LogP contribution in [-0.4, -0.2) is 90.1 Å². The molecule has 9 aromatic heterocycles. The Labute approximate surface area is 652 Å². The van der Waals surface area contributed by atoms with Gasteiger partial charge >= 0.3 is 0 Å². The van der Waals surface area contributed by atoms with Crippen molar-refractivity contribution in [2.24, 2.45) is 0 Å². The molecule has 0 saturated heterocycles. The Morgan fingerprint density at radius 1 is 0.396 bits per heavy atom. The largest absolute Gasteiger partial charge is 0.497 e. The van der Waals surface area contributed by atoms with Crippen LogP contribution >= 0.6 is 45.3 Å². The van der Waals surface area contributed by atoms with Crippen LogP contribution in [0.15, 0.2) is 285 Å². The molecule has 25 heteroatoms. The highest BCUT2D eigenvalue weighted by atomic mass is 32.2. The number of hydrogen-bond donors (Lipinski definition) is 3. The topological polar surface area (TPSA) is 264 Å². The van der Waals surface area contributed by atoms with Gasteiger partial charge in [-0.15, -0.1) is 11.3 Å². The molecule has 548 valence electrons. The molecule has 9 heterocycles. The van der Waals surface area contributed by atoms with Crippen LogP contribution in [0.1, 0.15) is 27.3 Å². The number of benzene rings is 8. The third-order valence-corrected chi connectivity index (χ3v) is 22.3. The molecule has 0 saturated carbocycles. The number of ether oxygens (including phenoxy) is 1. The van der Waals surface area contributed by atoms with Gasteiger partial charge in [-0.2, -0.15) is 0 Å². The number of nitrogens with one attached hydrogen (secondary N) is 3. The number of carbonyl (C=O) groups is 4. The van der Waals surface area contributed by atoms with E-state index in [1.54, 1.807) is 74.9 Å². The number of Topliss-reactive ketones (excluding diaryl/α,β-unsaturated/α-hetero) is 1. The zero-order valence-corrected chi connectivity index (χ0v) is 63.5. The Balaban J connectivity index is 0.000000124. The minimum Gasteiger partial charge on any atom is -0.497 e. The summed E-state index contributed by atoms with van der Waals surface area (Å²) in [6.45, 7) is 0. The summed E-state index contributed by atoms with van der Waals surface area (Å²) < 4.78 is 45.4.